The first-order valence-electron chi connectivity index (χ1n) is 6.61. The van der Waals surface area contributed by atoms with Crippen molar-refractivity contribution < 1.29 is 9.59 Å². The lowest BCUT2D eigenvalue weighted by atomic mass is 10.1. The Labute approximate surface area is 119 Å². The summed E-state index contributed by atoms with van der Waals surface area (Å²) in [6.07, 6.45) is 2.27. The number of piperazine rings is 1. The van der Waals surface area contributed by atoms with Crippen molar-refractivity contribution in [3.05, 3.63) is 24.8 Å². The monoisotopic (exact) mass is 278 g/mol. The zero-order valence-corrected chi connectivity index (χ0v) is 12.0. The van der Waals surface area contributed by atoms with Gasteiger partial charge in [0.2, 0.25) is 12.4 Å². The van der Waals surface area contributed by atoms with Gasteiger partial charge in [0, 0.05) is 44.7 Å². The number of ketones is 1. The zero-order chi connectivity index (χ0) is 15.0. The molecule has 0 unspecified atom stereocenters. The largest absolute Gasteiger partial charge is 0.355 e. The van der Waals surface area contributed by atoms with Crippen LogP contribution in [0.25, 0.3) is 0 Å². The maximum Gasteiger partial charge on any atom is 0.236 e. The molecule has 20 heavy (non-hydrogen) atoms. The van der Waals surface area contributed by atoms with Gasteiger partial charge in [-0.05, 0) is 7.05 Å². The minimum Gasteiger partial charge on any atom is -0.355 e. The first-order valence-corrected chi connectivity index (χ1v) is 6.61. The van der Waals surface area contributed by atoms with Crippen LogP contribution >= 0.6 is 0 Å². The lowest BCUT2D eigenvalue weighted by Crippen LogP contribution is -2.51. The summed E-state index contributed by atoms with van der Waals surface area (Å²) in [5.41, 5.74) is 0.403. The molecular formula is C14H22N4O2. The second kappa shape index (κ2) is 8.27. The van der Waals surface area contributed by atoms with Gasteiger partial charge < -0.3 is 15.1 Å². The number of aliphatic imine (C=N–C) groups is 1. The van der Waals surface area contributed by atoms with E-state index in [0.29, 0.717) is 30.9 Å². The van der Waals surface area contributed by atoms with Crippen LogP contribution in [0.5, 0.6) is 0 Å². The average Bonchev–Trinajstić information content (AvgIpc) is 2.46. The molecule has 1 aliphatic heterocycles. The molecule has 1 N–H and O–H groups in total. The summed E-state index contributed by atoms with van der Waals surface area (Å²) in [6, 6.07) is 0. The fourth-order valence-electron chi connectivity index (χ4n) is 1.87. The van der Waals surface area contributed by atoms with Crippen LogP contribution in [0, 0.1) is 0 Å². The lowest BCUT2D eigenvalue weighted by Gasteiger charge is -2.34. The minimum absolute atomic E-state index is 0.0590. The number of guanidine groups is 1. The number of carbonyl (C=O) groups excluding carboxylic acids is 2. The van der Waals surface area contributed by atoms with Gasteiger partial charge in [0.05, 0.1) is 0 Å². The number of Topliss-reactive ketones (excluding diaryl/α,β-unsaturated/α-hetero) is 1. The Morgan fingerprint density at radius 2 is 2.00 bits per heavy atom. The molecule has 0 atom stereocenters. The maximum absolute atomic E-state index is 11.6. The highest BCUT2D eigenvalue weighted by atomic mass is 16.1. The summed E-state index contributed by atoms with van der Waals surface area (Å²) in [5.74, 6) is 0.474. The molecule has 1 amide bonds. The highest BCUT2D eigenvalue weighted by Gasteiger charge is 2.17. The van der Waals surface area contributed by atoms with Crippen molar-refractivity contribution in [1.82, 2.24) is 15.1 Å². The fourth-order valence-corrected chi connectivity index (χ4v) is 1.87. The van der Waals surface area contributed by atoms with Crippen molar-refractivity contribution in [2.24, 2.45) is 4.99 Å². The molecule has 6 nitrogen and oxygen atoms in total. The SMILES string of the molecule is C=CC(=C)C(=O)CCN/C(=N\C=O)N1CCN(C)CC1. The van der Waals surface area contributed by atoms with Crippen LogP contribution in [-0.4, -0.2) is 67.7 Å². The average molecular weight is 278 g/mol. The topological polar surface area (TPSA) is 65.0 Å². The smallest absolute Gasteiger partial charge is 0.236 e. The second-order valence-corrected chi connectivity index (χ2v) is 4.68. The van der Waals surface area contributed by atoms with Gasteiger partial charge in [0.15, 0.2) is 5.78 Å². The van der Waals surface area contributed by atoms with E-state index in [2.05, 4.69) is 35.4 Å². The van der Waals surface area contributed by atoms with Gasteiger partial charge in [0.25, 0.3) is 0 Å². The molecule has 0 radical (unpaired) electrons. The van der Waals surface area contributed by atoms with E-state index < -0.39 is 0 Å². The molecule has 0 aromatic rings. The van der Waals surface area contributed by atoms with Crippen molar-refractivity contribution in [1.29, 1.82) is 0 Å². The summed E-state index contributed by atoms with van der Waals surface area (Å²) < 4.78 is 0. The molecule has 1 heterocycles. The molecule has 1 fully saturated rings. The Bertz CT molecular complexity index is 409. The Morgan fingerprint density at radius 3 is 2.55 bits per heavy atom. The van der Waals surface area contributed by atoms with Crippen LogP contribution in [0.15, 0.2) is 29.8 Å². The van der Waals surface area contributed by atoms with Crippen LogP contribution in [0.3, 0.4) is 0 Å². The number of nitrogens with zero attached hydrogens (tertiary/aromatic N) is 3. The summed E-state index contributed by atoms with van der Waals surface area (Å²) >= 11 is 0. The third-order valence-corrected chi connectivity index (χ3v) is 3.22. The fraction of sp³-hybridized carbons (Fsp3) is 0.500. The predicted octanol–water partition coefficient (Wildman–Crippen LogP) is 0.0372. The Balaban J connectivity index is 2.46. The van der Waals surface area contributed by atoms with E-state index in [0.717, 1.165) is 26.2 Å². The maximum atomic E-state index is 11.6. The van der Waals surface area contributed by atoms with Gasteiger partial charge in [0.1, 0.15) is 0 Å². The number of carbonyl (C=O) groups is 2. The molecule has 0 aromatic carbocycles. The van der Waals surface area contributed by atoms with Crippen molar-refractivity contribution in [3.8, 4) is 0 Å². The normalized spacial score (nSPS) is 16.6. The van der Waals surface area contributed by atoms with E-state index in [1.54, 1.807) is 0 Å². The molecule has 6 heteroatoms. The molecule has 1 aliphatic rings. The van der Waals surface area contributed by atoms with Crippen LogP contribution in [0.2, 0.25) is 0 Å². The molecule has 0 aromatic heterocycles. The first-order chi connectivity index (χ1) is 9.58. The molecule has 1 rings (SSSR count). The van der Waals surface area contributed by atoms with E-state index in [1.807, 2.05) is 4.90 Å². The van der Waals surface area contributed by atoms with E-state index in [9.17, 15) is 9.59 Å². The molecule has 0 saturated carbocycles. The number of amides is 1. The standard InChI is InChI=1S/C14H22N4O2/c1-4-12(2)13(20)5-6-15-14(16-11-19)18-9-7-17(3)8-10-18/h4,11H,1-2,5-10H2,3H3,(H,15,16,19). The van der Waals surface area contributed by atoms with E-state index >= 15 is 0 Å². The molecule has 1 saturated heterocycles. The molecule has 0 bridgehead atoms. The summed E-state index contributed by atoms with van der Waals surface area (Å²) in [4.78, 5) is 30.3. The second-order valence-electron chi connectivity index (χ2n) is 4.68. The van der Waals surface area contributed by atoms with Crippen molar-refractivity contribution in [2.75, 3.05) is 39.8 Å². The Hall–Kier alpha value is -1.95. The predicted molar refractivity (Wildman–Crippen MR) is 79.5 cm³/mol. The summed E-state index contributed by atoms with van der Waals surface area (Å²) in [6.45, 7) is 11.0. The van der Waals surface area contributed by atoms with Crippen LogP contribution in [-0.2, 0) is 9.59 Å². The minimum atomic E-state index is -0.0590. The number of likely N-dealkylation sites (N-methyl/N-ethyl adjacent to an activating group) is 1. The number of hydrogen-bond donors (Lipinski definition) is 1. The van der Waals surface area contributed by atoms with Crippen LogP contribution < -0.4 is 5.32 Å². The van der Waals surface area contributed by atoms with Gasteiger partial charge in [-0.1, -0.05) is 19.2 Å². The van der Waals surface area contributed by atoms with E-state index in [4.69, 9.17) is 0 Å². The van der Waals surface area contributed by atoms with Gasteiger partial charge in [-0.15, -0.1) is 0 Å². The van der Waals surface area contributed by atoms with Gasteiger partial charge >= 0.3 is 0 Å². The van der Waals surface area contributed by atoms with Crippen molar-refractivity contribution in [3.63, 3.8) is 0 Å². The summed E-state index contributed by atoms with van der Waals surface area (Å²) in [7, 11) is 2.06. The Kier molecular flexibility index (Phi) is 6.66. The molecule has 0 aliphatic carbocycles. The van der Waals surface area contributed by atoms with Gasteiger partial charge in [-0.25, -0.2) is 0 Å². The van der Waals surface area contributed by atoms with E-state index in [-0.39, 0.29) is 5.78 Å². The lowest BCUT2D eigenvalue weighted by molar-refractivity contribution is -0.115. The molecule has 0 spiro atoms. The third kappa shape index (κ3) is 4.97. The quantitative estimate of drug-likeness (QED) is 0.244. The summed E-state index contributed by atoms with van der Waals surface area (Å²) in [5, 5.41) is 3.04. The number of allylic oxidation sites excluding steroid dienone is 2. The van der Waals surface area contributed by atoms with Gasteiger partial charge in [-0.3, -0.25) is 9.59 Å². The number of nitrogens with one attached hydrogen (secondary N) is 1. The number of rotatable bonds is 6. The number of hydrogen-bond acceptors (Lipinski definition) is 3. The highest BCUT2D eigenvalue weighted by molar-refractivity contribution is 5.97. The zero-order valence-electron chi connectivity index (χ0n) is 12.0. The third-order valence-electron chi connectivity index (χ3n) is 3.22. The van der Waals surface area contributed by atoms with Crippen molar-refractivity contribution >= 4 is 18.2 Å². The van der Waals surface area contributed by atoms with Crippen LogP contribution in [0.4, 0.5) is 0 Å². The van der Waals surface area contributed by atoms with Gasteiger partial charge in [-0.2, -0.15) is 4.99 Å². The molecular weight excluding hydrogens is 256 g/mol. The van der Waals surface area contributed by atoms with E-state index in [1.165, 1.54) is 6.08 Å². The highest BCUT2D eigenvalue weighted by Crippen LogP contribution is 2.01. The van der Waals surface area contributed by atoms with Crippen LogP contribution in [0.1, 0.15) is 6.42 Å². The molecule has 110 valence electrons. The Morgan fingerprint density at radius 1 is 1.35 bits per heavy atom. The first kappa shape index (κ1) is 16.1. The van der Waals surface area contributed by atoms with Crippen molar-refractivity contribution in [2.45, 2.75) is 6.42 Å².